The summed E-state index contributed by atoms with van der Waals surface area (Å²) in [7, 11) is 0. The maximum absolute atomic E-state index is 13.4. The van der Waals surface area contributed by atoms with Crippen molar-refractivity contribution < 1.29 is 8.78 Å². The molecule has 0 aromatic heterocycles. The van der Waals surface area contributed by atoms with Gasteiger partial charge in [0.15, 0.2) is 0 Å². The number of nitrogens with one attached hydrogen (secondary N) is 1. The molecule has 0 radical (unpaired) electrons. The molecule has 0 saturated heterocycles. The Morgan fingerprint density at radius 1 is 0.900 bits per heavy atom. The minimum absolute atomic E-state index is 0.0318. The number of hydrogen-bond acceptors (Lipinski definition) is 1. The molecule has 2 rings (SSSR count). The summed E-state index contributed by atoms with van der Waals surface area (Å²) in [5.74, 6) is -0.680. The fourth-order valence-electron chi connectivity index (χ4n) is 2.10. The normalized spacial score (nSPS) is 14.1. The molecule has 0 bridgehead atoms. The molecule has 1 nitrogen and oxygen atoms in total. The van der Waals surface area contributed by atoms with E-state index in [0.29, 0.717) is 0 Å². The third-order valence-electron chi connectivity index (χ3n) is 3.31. The monoisotopic (exact) mass is 295 g/mol. The first-order valence-electron chi connectivity index (χ1n) is 6.44. The van der Waals surface area contributed by atoms with Crippen molar-refractivity contribution in [2.24, 2.45) is 0 Å². The first-order valence-corrected chi connectivity index (χ1v) is 6.81. The maximum Gasteiger partial charge on any atom is 0.142 e. The Hall–Kier alpha value is -1.45. The van der Waals surface area contributed by atoms with Crippen LogP contribution in [0.5, 0.6) is 0 Å². The van der Waals surface area contributed by atoms with Crippen molar-refractivity contribution in [3.05, 3.63) is 70.2 Å². The van der Waals surface area contributed by atoms with Gasteiger partial charge in [0.05, 0.1) is 5.02 Å². The van der Waals surface area contributed by atoms with Crippen LogP contribution in [0.15, 0.2) is 42.5 Å². The Kier molecular flexibility index (Phi) is 4.73. The predicted octanol–water partition coefficient (Wildman–Crippen LogP) is 5.03. The van der Waals surface area contributed by atoms with Gasteiger partial charge in [-0.1, -0.05) is 29.8 Å². The van der Waals surface area contributed by atoms with E-state index in [2.05, 4.69) is 5.32 Å². The Balaban J connectivity index is 2.08. The maximum atomic E-state index is 13.4. The quantitative estimate of drug-likeness (QED) is 0.834. The molecule has 0 heterocycles. The van der Waals surface area contributed by atoms with E-state index in [0.717, 1.165) is 11.1 Å². The third kappa shape index (κ3) is 3.56. The van der Waals surface area contributed by atoms with E-state index in [1.54, 1.807) is 24.3 Å². The second-order valence-electron chi connectivity index (χ2n) is 4.84. The van der Waals surface area contributed by atoms with Crippen LogP contribution in [0.3, 0.4) is 0 Å². The zero-order valence-corrected chi connectivity index (χ0v) is 12.1. The summed E-state index contributed by atoms with van der Waals surface area (Å²) in [5.41, 5.74) is 1.80. The van der Waals surface area contributed by atoms with Crippen LogP contribution in [-0.2, 0) is 0 Å². The average molecular weight is 296 g/mol. The summed E-state index contributed by atoms with van der Waals surface area (Å²) < 4.78 is 26.3. The lowest BCUT2D eigenvalue weighted by Crippen LogP contribution is -2.22. The van der Waals surface area contributed by atoms with Crippen molar-refractivity contribution >= 4 is 11.6 Å². The molecular weight excluding hydrogens is 280 g/mol. The molecular formula is C16H16ClF2N. The lowest BCUT2D eigenvalue weighted by molar-refractivity contribution is 0.491. The smallest absolute Gasteiger partial charge is 0.142 e. The van der Waals surface area contributed by atoms with E-state index in [-0.39, 0.29) is 22.9 Å². The zero-order valence-electron chi connectivity index (χ0n) is 11.3. The second kappa shape index (κ2) is 6.33. The topological polar surface area (TPSA) is 12.0 Å². The van der Waals surface area contributed by atoms with E-state index in [1.165, 1.54) is 18.2 Å². The highest BCUT2D eigenvalue weighted by molar-refractivity contribution is 6.30. The Labute approximate surface area is 122 Å². The van der Waals surface area contributed by atoms with E-state index < -0.39 is 5.82 Å². The summed E-state index contributed by atoms with van der Waals surface area (Å²) in [6, 6.07) is 11.1. The van der Waals surface area contributed by atoms with Gasteiger partial charge in [-0.25, -0.2) is 8.78 Å². The molecule has 2 atom stereocenters. The van der Waals surface area contributed by atoms with Crippen LogP contribution >= 0.6 is 11.6 Å². The standard InChI is InChI=1S/C16H16ClF2N/c1-10(12-3-6-14(18)7-4-12)20-11(2)13-5-8-15(17)16(19)9-13/h3-11,20H,1-2H3/t10-,11?/m0/s1. The highest BCUT2D eigenvalue weighted by Gasteiger charge is 2.12. The minimum atomic E-state index is -0.424. The third-order valence-corrected chi connectivity index (χ3v) is 3.62. The number of halogens is 3. The van der Waals surface area contributed by atoms with Crippen LogP contribution in [0.2, 0.25) is 5.02 Å². The van der Waals surface area contributed by atoms with Crippen molar-refractivity contribution in [3.63, 3.8) is 0 Å². The molecule has 0 spiro atoms. The van der Waals surface area contributed by atoms with E-state index in [9.17, 15) is 8.78 Å². The molecule has 1 unspecified atom stereocenters. The summed E-state index contributed by atoms with van der Waals surface area (Å²) in [6.07, 6.45) is 0. The van der Waals surface area contributed by atoms with Gasteiger partial charge in [-0.05, 0) is 49.2 Å². The van der Waals surface area contributed by atoms with Crippen molar-refractivity contribution in [1.29, 1.82) is 0 Å². The van der Waals surface area contributed by atoms with Gasteiger partial charge in [0.1, 0.15) is 11.6 Å². The molecule has 106 valence electrons. The Bertz CT molecular complexity index is 584. The van der Waals surface area contributed by atoms with Crippen LogP contribution in [0.1, 0.15) is 37.1 Å². The number of benzene rings is 2. The highest BCUT2D eigenvalue weighted by Crippen LogP contribution is 2.23. The number of rotatable bonds is 4. The van der Waals surface area contributed by atoms with Gasteiger partial charge in [0, 0.05) is 12.1 Å². The van der Waals surface area contributed by atoms with Gasteiger partial charge >= 0.3 is 0 Å². The van der Waals surface area contributed by atoms with Crippen molar-refractivity contribution in [2.75, 3.05) is 0 Å². The molecule has 4 heteroatoms. The molecule has 0 saturated carbocycles. The summed E-state index contributed by atoms with van der Waals surface area (Å²) in [4.78, 5) is 0. The van der Waals surface area contributed by atoms with E-state index >= 15 is 0 Å². The summed E-state index contributed by atoms with van der Waals surface area (Å²) in [5, 5.41) is 3.46. The molecule has 0 aliphatic rings. The lowest BCUT2D eigenvalue weighted by Gasteiger charge is -2.21. The van der Waals surface area contributed by atoms with Gasteiger partial charge in [0.2, 0.25) is 0 Å². The van der Waals surface area contributed by atoms with Crippen molar-refractivity contribution in [2.45, 2.75) is 25.9 Å². The van der Waals surface area contributed by atoms with E-state index in [4.69, 9.17) is 11.6 Å². The van der Waals surface area contributed by atoms with Crippen LogP contribution in [0, 0.1) is 11.6 Å². The van der Waals surface area contributed by atoms with Gasteiger partial charge in [0.25, 0.3) is 0 Å². The molecule has 1 N–H and O–H groups in total. The van der Waals surface area contributed by atoms with Gasteiger partial charge < -0.3 is 5.32 Å². The largest absolute Gasteiger partial charge is 0.304 e. The van der Waals surface area contributed by atoms with Gasteiger partial charge in [-0.2, -0.15) is 0 Å². The van der Waals surface area contributed by atoms with Crippen LogP contribution in [0.4, 0.5) is 8.78 Å². The molecule has 0 fully saturated rings. The second-order valence-corrected chi connectivity index (χ2v) is 5.24. The average Bonchev–Trinajstić information content (AvgIpc) is 2.42. The molecule has 0 aliphatic heterocycles. The Morgan fingerprint density at radius 3 is 2.05 bits per heavy atom. The van der Waals surface area contributed by atoms with Crippen LogP contribution in [-0.4, -0.2) is 0 Å². The summed E-state index contributed by atoms with van der Waals surface area (Å²) in [6.45, 7) is 3.93. The SMILES string of the molecule is CC(N[C@@H](C)c1ccc(F)cc1)c1ccc(Cl)c(F)c1. The molecule has 20 heavy (non-hydrogen) atoms. The molecule has 2 aromatic rings. The molecule has 0 amide bonds. The van der Waals surface area contributed by atoms with E-state index in [1.807, 2.05) is 13.8 Å². The Morgan fingerprint density at radius 2 is 1.45 bits per heavy atom. The van der Waals surface area contributed by atoms with Gasteiger partial charge in [-0.15, -0.1) is 0 Å². The van der Waals surface area contributed by atoms with Crippen LogP contribution < -0.4 is 5.32 Å². The highest BCUT2D eigenvalue weighted by atomic mass is 35.5. The predicted molar refractivity (Wildman–Crippen MR) is 77.8 cm³/mol. The van der Waals surface area contributed by atoms with Crippen molar-refractivity contribution in [3.8, 4) is 0 Å². The first kappa shape index (κ1) is 14.9. The summed E-state index contributed by atoms with van der Waals surface area (Å²) >= 11 is 5.67. The number of hydrogen-bond donors (Lipinski definition) is 1. The van der Waals surface area contributed by atoms with Crippen LogP contribution in [0.25, 0.3) is 0 Å². The van der Waals surface area contributed by atoms with Crippen molar-refractivity contribution in [1.82, 2.24) is 5.32 Å². The minimum Gasteiger partial charge on any atom is -0.304 e. The fraction of sp³-hybridized carbons (Fsp3) is 0.250. The first-order chi connectivity index (χ1) is 9.47. The zero-order chi connectivity index (χ0) is 14.7. The van der Waals surface area contributed by atoms with Gasteiger partial charge in [-0.3, -0.25) is 0 Å². The molecule has 0 aliphatic carbocycles. The lowest BCUT2D eigenvalue weighted by atomic mass is 10.0. The fourth-order valence-corrected chi connectivity index (χ4v) is 2.22. The molecule has 2 aromatic carbocycles.